The number of anilines is 2. The number of rotatable bonds is 3. The van der Waals surface area contributed by atoms with E-state index in [4.69, 9.17) is 0 Å². The zero-order chi connectivity index (χ0) is 17.2. The fourth-order valence-corrected chi connectivity index (χ4v) is 3.26. The highest BCUT2D eigenvalue weighted by molar-refractivity contribution is 5.96. The van der Waals surface area contributed by atoms with Crippen molar-refractivity contribution in [2.45, 2.75) is 6.92 Å². The number of hydrogen-bond donors (Lipinski definition) is 0. The lowest BCUT2D eigenvalue weighted by atomic mass is 9.98. The molecule has 0 aliphatic carbocycles. The number of hydrogen-bond acceptors (Lipinski definition) is 1. The molecule has 0 atom stereocenters. The van der Waals surface area contributed by atoms with Crippen molar-refractivity contribution in [3.63, 3.8) is 0 Å². The molecule has 0 aromatic heterocycles. The van der Waals surface area contributed by atoms with Crippen LogP contribution in [0, 0.1) is 6.92 Å². The molecule has 1 nitrogen and oxygen atoms in total. The maximum absolute atomic E-state index is 2.21. The summed E-state index contributed by atoms with van der Waals surface area (Å²) >= 11 is 0. The van der Waals surface area contributed by atoms with Gasteiger partial charge in [0.05, 0.1) is 0 Å². The van der Waals surface area contributed by atoms with E-state index in [2.05, 4.69) is 110 Å². The number of benzene rings is 4. The molecule has 0 N–H and O–H groups in total. The Kier molecular flexibility index (Phi) is 3.99. The normalized spacial score (nSPS) is 10.8. The van der Waals surface area contributed by atoms with Crippen molar-refractivity contribution in [3.05, 3.63) is 96.6 Å². The summed E-state index contributed by atoms with van der Waals surface area (Å²) in [5.74, 6) is 0. The molecule has 0 heterocycles. The van der Waals surface area contributed by atoms with Crippen LogP contribution in [0.5, 0.6) is 0 Å². The van der Waals surface area contributed by atoms with Crippen molar-refractivity contribution in [1.29, 1.82) is 0 Å². The fraction of sp³-hybridized carbons (Fsp3) is 0.0833. The quantitative estimate of drug-likeness (QED) is 0.411. The maximum Gasteiger partial charge on any atom is 0.0408 e. The van der Waals surface area contributed by atoms with Gasteiger partial charge in [-0.15, -0.1) is 0 Å². The molecule has 4 aromatic rings. The molecule has 0 aliphatic heterocycles. The minimum atomic E-state index is 1.19. The molecule has 0 saturated carbocycles. The molecular weight excluding hydrogens is 302 g/mol. The van der Waals surface area contributed by atoms with Gasteiger partial charge in [-0.05, 0) is 53.1 Å². The Morgan fingerprint density at radius 3 is 1.92 bits per heavy atom. The van der Waals surface area contributed by atoms with Gasteiger partial charge in [0.1, 0.15) is 0 Å². The molecule has 0 aliphatic rings. The van der Waals surface area contributed by atoms with Crippen molar-refractivity contribution in [2.75, 3.05) is 11.9 Å². The van der Waals surface area contributed by atoms with Crippen LogP contribution in [-0.4, -0.2) is 7.05 Å². The lowest BCUT2D eigenvalue weighted by Crippen LogP contribution is -2.08. The summed E-state index contributed by atoms with van der Waals surface area (Å²) in [4.78, 5) is 2.21. The molecule has 0 spiro atoms. The second-order valence-corrected chi connectivity index (χ2v) is 6.47. The topological polar surface area (TPSA) is 3.24 Å². The van der Waals surface area contributed by atoms with Crippen LogP contribution in [-0.2, 0) is 0 Å². The fourth-order valence-electron chi connectivity index (χ4n) is 3.26. The first-order valence-corrected chi connectivity index (χ1v) is 8.61. The van der Waals surface area contributed by atoms with Crippen molar-refractivity contribution in [2.24, 2.45) is 0 Å². The molecule has 1 heteroatoms. The van der Waals surface area contributed by atoms with E-state index in [-0.39, 0.29) is 0 Å². The van der Waals surface area contributed by atoms with E-state index in [0.717, 1.165) is 0 Å². The van der Waals surface area contributed by atoms with Crippen LogP contribution < -0.4 is 4.90 Å². The van der Waals surface area contributed by atoms with Gasteiger partial charge in [0.25, 0.3) is 0 Å². The van der Waals surface area contributed by atoms with Crippen molar-refractivity contribution < 1.29 is 0 Å². The Balaban J connectivity index is 1.69. The largest absolute Gasteiger partial charge is 0.345 e. The van der Waals surface area contributed by atoms with Gasteiger partial charge in [-0.25, -0.2) is 0 Å². The Morgan fingerprint density at radius 2 is 1.20 bits per heavy atom. The van der Waals surface area contributed by atoms with E-state index in [1.54, 1.807) is 0 Å². The van der Waals surface area contributed by atoms with Gasteiger partial charge in [-0.3, -0.25) is 0 Å². The van der Waals surface area contributed by atoms with E-state index in [0.29, 0.717) is 0 Å². The molecule has 0 fully saturated rings. The standard InChI is InChI=1S/C24H21N/c1-18-10-14-21(15-11-18)25(2)22-16-12-20(13-17-22)24-9-5-7-19-6-3-4-8-23(19)24/h3-17H,1-2H3. The van der Waals surface area contributed by atoms with Crippen molar-refractivity contribution >= 4 is 22.1 Å². The van der Waals surface area contributed by atoms with Gasteiger partial charge < -0.3 is 4.90 Å². The summed E-state index contributed by atoms with van der Waals surface area (Å²) in [6, 6.07) is 32.5. The van der Waals surface area contributed by atoms with Crippen molar-refractivity contribution in [1.82, 2.24) is 0 Å². The smallest absolute Gasteiger partial charge is 0.0408 e. The lowest BCUT2D eigenvalue weighted by molar-refractivity contribution is 1.20. The minimum Gasteiger partial charge on any atom is -0.345 e. The first-order valence-electron chi connectivity index (χ1n) is 8.61. The summed E-state index contributed by atoms with van der Waals surface area (Å²) in [5.41, 5.74) is 6.19. The average Bonchev–Trinajstić information content (AvgIpc) is 2.68. The molecule has 0 radical (unpaired) electrons. The lowest BCUT2D eigenvalue weighted by Gasteiger charge is -2.20. The first kappa shape index (κ1) is 15.5. The summed E-state index contributed by atoms with van der Waals surface area (Å²) in [5, 5.41) is 2.57. The van der Waals surface area contributed by atoms with E-state index in [1.165, 1.54) is 38.8 Å². The summed E-state index contributed by atoms with van der Waals surface area (Å²) in [6.45, 7) is 2.11. The third kappa shape index (κ3) is 3.01. The summed E-state index contributed by atoms with van der Waals surface area (Å²) in [7, 11) is 2.11. The Morgan fingerprint density at radius 1 is 0.600 bits per heavy atom. The molecule has 0 bridgehead atoms. The SMILES string of the molecule is Cc1ccc(N(C)c2ccc(-c3cccc4ccccc34)cc2)cc1. The van der Waals surface area contributed by atoms with Crippen LogP contribution in [0.15, 0.2) is 91.0 Å². The third-order valence-corrected chi connectivity index (χ3v) is 4.78. The first-order chi connectivity index (χ1) is 12.2. The zero-order valence-electron chi connectivity index (χ0n) is 14.6. The third-order valence-electron chi connectivity index (χ3n) is 4.78. The second kappa shape index (κ2) is 6.45. The number of fused-ring (bicyclic) bond motifs is 1. The van der Waals surface area contributed by atoms with Gasteiger partial charge in [0, 0.05) is 18.4 Å². The number of nitrogens with zero attached hydrogens (tertiary/aromatic N) is 1. The molecule has 25 heavy (non-hydrogen) atoms. The zero-order valence-corrected chi connectivity index (χ0v) is 14.6. The highest BCUT2D eigenvalue weighted by atomic mass is 15.1. The summed E-state index contributed by atoms with van der Waals surface area (Å²) < 4.78 is 0. The monoisotopic (exact) mass is 323 g/mol. The molecule has 4 rings (SSSR count). The van der Waals surface area contributed by atoms with Crippen LogP contribution in [0.4, 0.5) is 11.4 Å². The van der Waals surface area contributed by atoms with Crippen LogP contribution in [0.25, 0.3) is 21.9 Å². The Hall–Kier alpha value is -3.06. The summed E-state index contributed by atoms with van der Waals surface area (Å²) in [6.07, 6.45) is 0. The van der Waals surface area contributed by atoms with Crippen LogP contribution >= 0.6 is 0 Å². The van der Waals surface area contributed by atoms with Gasteiger partial charge in [-0.1, -0.05) is 72.3 Å². The Bertz CT molecular complexity index is 993. The molecular formula is C24H21N. The highest BCUT2D eigenvalue weighted by Crippen LogP contribution is 2.31. The molecule has 0 saturated heterocycles. The second-order valence-electron chi connectivity index (χ2n) is 6.47. The van der Waals surface area contributed by atoms with E-state index in [1.807, 2.05) is 0 Å². The molecule has 0 unspecified atom stereocenters. The predicted molar refractivity (Wildman–Crippen MR) is 109 cm³/mol. The van der Waals surface area contributed by atoms with Crippen LogP contribution in [0.2, 0.25) is 0 Å². The van der Waals surface area contributed by atoms with Gasteiger partial charge in [0.15, 0.2) is 0 Å². The van der Waals surface area contributed by atoms with E-state index >= 15 is 0 Å². The molecule has 4 aromatic carbocycles. The van der Waals surface area contributed by atoms with Gasteiger partial charge >= 0.3 is 0 Å². The van der Waals surface area contributed by atoms with Gasteiger partial charge in [0.2, 0.25) is 0 Å². The average molecular weight is 323 g/mol. The number of aryl methyl sites for hydroxylation is 1. The minimum absolute atomic E-state index is 1.19. The predicted octanol–water partition coefficient (Wildman–Crippen LogP) is 6.58. The highest BCUT2D eigenvalue weighted by Gasteiger charge is 2.06. The van der Waals surface area contributed by atoms with E-state index < -0.39 is 0 Å². The van der Waals surface area contributed by atoms with Crippen LogP contribution in [0.3, 0.4) is 0 Å². The van der Waals surface area contributed by atoms with Crippen LogP contribution in [0.1, 0.15) is 5.56 Å². The van der Waals surface area contributed by atoms with E-state index in [9.17, 15) is 0 Å². The van der Waals surface area contributed by atoms with Crippen molar-refractivity contribution in [3.8, 4) is 11.1 Å². The maximum atomic E-state index is 2.21. The molecule has 0 amide bonds. The van der Waals surface area contributed by atoms with Gasteiger partial charge in [-0.2, -0.15) is 0 Å². The Labute approximate surface area is 149 Å². The molecule has 122 valence electrons.